The second-order valence-electron chi connectivity index (χ2n) is 4.28. The van der Waals surface area contributed by atoms with Crippen molar-refractivity contribution in [1.82, 2.24) is 9.97 Å². The van der Waals surface area contributed by atoms with Crippen LogP contribution >= 0.6 is 22.9 Å². The molecule has 0 amide bonds. The van der Waals surface area contributed by atoms with Crippen molar-refractivity contribution in [2.45, 2.75) is 19.9 Å². The fraction of sp³-hybridized carbons (Fsp3) is 0.231. The number of thiazole rings is 1. The Morgan fingerprint density at radius 2 is 2.26 bits per heavy atom. The fourth-order valence-electron chi connectivity index (χ4n) is 1.80. The Morgan fingerprint density at radius 3 is 2.95 bits per heavy atom. The van der Waals surface area contributed by atoms with Crippen molar-refractivity contribution in [3.63, 3.8) is 0 Å². The molecule has 0 aliphatic rings. The molecular formula is C13H12ClN3OS. The van der Waals surface area contributed by atoms with Gasteiger partial charge in [0.2, 0.25) is 5.89 Å². The summed E-state index contributed by atoms with van der Waals surface area (Å²) in [5.74, 6) is 1.46. The molecule has 1 unspecified atom stereocenters. The molecule has 1 atom stereocenters. The zero-order valence-electron chi connectivity index (χ0n) is 10.5. The number of aromatic nitrogens is 2. The summed E-state index contributed by atoms with van der Waals surface area (Å²) < 4.78 is 6.48. The van der Waals surface area contributed by atoms with Gasteiger partial charge in [-0.05, 0) is 26.0 Å². The number of aryl methyl sites for hydroxylation is 1. The van der Waals surface area contributed by atoms with E-state index in [1.54, 1.807) is 6.20 Å². The third kappa shape index (κ3) is 2.43. The van der Waals surface area contributed by atoms with Crippen molar-refractivity contribution in [3.8, 4) is 0 Å². The molecule has 19 heavy (non-hydrogen) atoms. The van der Waals surface area contributed by atoms with Crippen LogP contribution < -0.4 is 5.32 Å². The lowest BCUT2D eigenvalue weighted by atomic mass is 10.3. The third-order valence-corrected chi connectivity index (χ3v) is 4.18. The van der Waals surface area contributed by atoms with Crippen molar-refractivity contribution in [2.24, 2.45) is 0 Å². The number of anilines is 1. The van der Waals surface area contributed by atoms with Gasteiger partial charge < -0.3 is 9.73 Å². The van der Waals surface area contributed by atoms with E-state index in [9.17, 15) is 0 Å². The molecule has 0 spiro atoms. The number of nitrogens with one attached hydrogen (secondary N) is 1. The normalized spacial score (nSPS) is 12.8. The zero-order chi connectivity index (χ0) is 13.4. The predicted molar refractivity (Wildman–Crippen MR) is 77.9 cm³/mol. The molecule has 0 radical (unpaired) electrons. The third-order valence-electron chi connectivity index (χ3n) is 2.72. The maximum absolute atomic E-state index is 6.14. The Balaban J connectivity index is 1.87. The molecule has 0 saturated carbocycles. The fourth-order valence-corrected chi connectivity index (χ4v) is 3.04. The number of hydrogen-bond donors (Lipinski definition) is 1. The Labute approximate surface area is 119 Å². The molecular weight excluding hydrogens is 282 g/mol. The van der Waals surface area contributed by atoms with Gasteiger partial charge in [-0.15, -0.1) is 0 Å². The van der Waals surface area contributed by atoms with Gasteiger partial charge in [-0.25, -0.2) is 9.97 Å². The molecule has 2 heterocycles. The molecule has 0 bridgehead atoms. The van der Waals surface area contributed by atoms with Crippen LogP contribution in [0.4, 0.5) is 5.13 Å². The van der Waals surface area contributed by atoms with Gasteiger partial charge in [0.15, 0.2) is 5.13 Å². The van der Waals surface area contributed by atoms with Gasteiger partial charge in [0.25, 0.3) is 0 Å². The minimum absolute atomic E-state index is 0.0342. The van der Waals surface area contributed by atoms with Crippen LogP contribution in [0.2, 0.25) is 5.02 Å². The summed E-state index contributed by atoms with van der Waals surface area (Å²) in [6.45, 7) is 3.86. The molecule has 0 saturated heterocycles. The first kappa shape index (κ1) is 12.4. The van der Waals surface area contributed by atoms with Crippen LogP contribution in [0.5, 0.6) is 0 Å². The van der Waals surface area contributed by atoms with E-state index >= 15 is 0 Å². The predicted octanol–water partition coefficient (Wildman–Crippen LogP) is 4.42. The SMILES string of the molecule is Cc1cnc(C(C)Nc2nc3cccc(Cl)c3s2)o1. The monoisotopic (exact) mass is 293 g/mol. The van der Waals surface area contributed by atoms with Crippen molar-refractivity contribution in [3.05, 3.63) is 41.1 Å². The number of benzene rings is 1. The van der Waals surface area contributed by atoms with Gasteiger partial charge in [0.1, 0.15) is 11.8 Å². The summed E-state index contributed by atoms with van der Waals surface area (Å²) in [5, 5.41) is 4.82. The van der Waals surface area contributed by atoms with Crippen molar-refractivity contribution >= 4 is 38.3 Å². The topological polar surface area (TPSA) is 51.0 Å². The average Bonchev–Trinajstić information content (AvgIpc) is 2.96. The van der Waals surface area contributed by atoms with E-state index in [1.807, 2.05) is 32.0 Å². The summed E-state index contributed by atoms with van der Waals surface area (Å²) >= 11 is 7.67. The second-order valence-corrected chi connectivity index (χ2v) is 5.69. The molecule has 1 aromatic carbocycles. The first-order chi connectivity index (χ1) is 9.13. The van der Waals surface area contributed by atoms with Gasteiger partial charge in [0, 0.05) is 0 Å². The minimum atomic E-state index is -0.0342. The standard InChI is InChI=1S/C13H12ClN3OS/c1-7-6-15-12(18-7)8(2)16-13-17-10-5-3-4-9(14)11(10)19-13/h3-6,8H,1-2H3,(H,16,17). The van der Waals surface area contributed by atoms with E-state index in [0.29, 0.717) is 5.89 Å². The molecule has 3 rings (SSSR count). The summed E-state index contributed by atoms with van der Waals surface area (Å²) in [6, 6.07) is 5.68. The Kier molecular flexibility index (Phi) is 3.16. The lowest BCUT2D eigenvalue weighted by Gasteiger charge is -2.07. The molecule has 1 N–H and O–H groups in total. The Morgan fingerprint density at radius 1 is 1.42 bits per heavy atom. The van der Waals surface area contributed by atoms with Crippen molar-refractivity contribution < 1.29 is 4.42 Å². The van der Waals surface area contributed by atoms with Gasteiger partial charge in [0.05, 0.1) is 21.4 Å². The lowest BCUT2D eigenvalue weighted by molar-refractivity contribution is 0.453. The highest BCUT2D eigenvalue weighted by Gasteiger charge is 2.14. The number of halogens is 1. The Bertz CT molecular complexity index is 722. The van der Waals surface area contributed by atoms with E-state index < -0.39 is 0 Å². The molecule has 0 aliphatic heterocycles. The minimum Gasteiger partial charge on any atom is -0.444 e. The van der Waals surface area contributed by atoms with Crippen LogP contribution in [-0.2, 0) is 0 Å². The summed E-state index contributed by atoms with van der Waals surface area (Å²) in [6.07, 6.45) is 1.71. The highest BCUT2D eigenvalue weighted by atomic mass is 35.5. The highest BCUT2D eigenvalue weighted by molar-refractivity contribution is 7.22. The number of nitrogens with zero attached hydrogens (tertiary/aromatic N) is 2. The van der Waals surface area contributed by atoms with Crippen molar-refractivity contribution in [1.29, 1.82) is 0 Å². The van der Waals surface area contributed by atoms with E-state index in [1.165, 1.54) is 11.3 Å². The Hall–Kier alpha value is -1.59. The van der Waals surface area contributed by atoms with Crippen LogP contribution in [0, 0.1) is 6.92 Å². The first-order valence-electron chi connectivity index (χ1n) is 5.87. The number of fused-ring (bicyclic) bond motifs is 1. The summed E-state index contributed by atoms with van der Waals surface area (Å²) in [4.78, 5) is 8.70. The largest absolute Gasteiger partial charge is 0.444 e. The van der Waals surface area contributed by atoms with E-state index in [2.05, 4.69) is 15.3 Å². The van der Waals surface area contributed by atoms with Gasteiger partial charge in [-0.3, -0.25) is 0 Å². The van der Waals surface area contributed by atoms with Gasteiger partial charge in [-0.1, -0.05) is 29.0 Å². The molecule has 6 heteroatoms. The number of oxazole rings is 1. The maximum Gasteiger partial charge on any atom is 0.216 e. The van der Waals surface area contributed by atoms with Crippen LogP contribution in [0.15, 0.2) is 28.8 Å². The quantitative estimate of drug-likeness (QED) is 0.776. The van der Waals surface area contributed by atoms with E-state index in [0.717, 1.165) is 26.1 Å². The zero-order valence-corrected chi connectivity index (χ0v) is 12.0. The molecule has 98 valence electrons. The summed E-state index contributed by atoms with van der Waals surface area (Å²) in [5.41, 5.74) is 0.899. The summed E-state index contributed by atoms with van der Waals surface area (Å²) in [7, 11) is 0. The smallest absolute Gasteiger partial charge is 0.216 e. The van der Waals surface area contributed by atoms with Crippen LogP contribution in [-0.4, -0.2) is 9.97 Å². The van der Waals surface area contributed by atoms with Crippen LogP contribution in [0.1, 0.15) is 24.6 Å². The maximum atomic E-state index is 6.14. The number of rotatable bonds is 3. The highest BCUT2D eigenvalue weighted by Crippen LogP contribution is 2.33. The molecule has 2 aromatic heterocycles. The van der Waals surface area contributed by atoms with Gasteiger partial charge in [-0.2, -0.15) is 0 Å². The van der Waals surface area contributed by atoms with Gasteiger partial charge >= 0.3 is 0 Å². The van der Waals surface area contributed by atoms with Crippen molar-refractivity contribution in [2.75, 3.05) is 5.32 Å². The van der Waals surface area contributed by atoms with Crippen LogP contribution in [0.25, 0.3) is 10.2 Å². The second kappa shape index (κ2) is 4.83. The van der Waals surface area contributed by atoms with E-state index in [-0.39, 0.29) is 6.04 Å². The van der Waals surface area contributed by atoms with E-state index in [4.69, 9.17) is 16.0 Å². The molecule has 0 fully saturated rings. The average molecular weight is 294 g/mol. The molecule has 3 aromatic rings. The lowest BCUT2D eigenvalue weighted by Crippen LogP contribution is -2.06. The molecule has 0 aliphatic carbocycles. The molecule has 4 nitrogen and oxygen atoms in total. The first-order valence-corrected chi connectivity index (χ1v) is 7.07. The van der Waals surface area contributed by atoms with Crippen LogP contribution in [0.3, 0.4) is 0 Å². The number of hydrogen-bond acceptors (Lipinski definition) is 5.